The van der Waals surface area contributed by atoms with Crippen molar-refractivity contribution in [1.82, 2.24) is 5.32 Å². The molecule has 0 aliphatic heterocycles. The zero-order valence-electron chi connectivity index (χ0n) is 13.1. The number of rotatable bonds is 5. The lowest BCUT2D eigenvalue weighted by Crippen LogP contribution is -2.32. The summed E-state index contributed by atoms with van der Waals surface area (Å²) in [6.07, 6.45) is 3.80. The van der Waals surface area contributed by atoms with Crippen molar-refractivity contribution in [2.45, 2.75) is 32.8 Å². The summed E-state index contributed by atoms with van der Waals surface area (Å²) >= 11 is 0. The third-order valence-electron chi connectivity index (χ3n) is 2.61. The number of alkyl carbamates (subject to hydrolysis) is 1. The monoisotopic (exact) mass is 306 g/mol. The molecule has 1 rings (SSSR count). The first kappa shape index (κ1) is 17.6. The highest BCUT2D eigenvalue weighted by atomic mass is 16.6. The number of carbonyl (C=O) groups excluding carboxylic acids is 1. The predicted molar refractivity (Wildman–Crippen MR) is 85.7 cm³/mol. The van der Waals surface area contributed by atoms with E-state index in [1.54, 1.807) is 32.9 Å². The molecule has 0 aliphatic carbocycles. The van der Waals surface area contributed by atoms with Gasteiger partial charge >= 0.3 is 12.1 Å². The lowest BCUT2D eigenvalue weighted by Gasteiger charge is -2.19. The van der Waals surface area contributed by atoms with Crippen LogP contribution in [0.4, 0.5) is 10.5 Å². The van der Waals surface area contributed by atoms with Crippen molar-refractivity contribution in [3.63, 3.8) is 0 Å². The minimum atomic E-state index is -1.01. The second kappa shape index (κ2) is 7.49. The number of hydrogen-bond acceptors (Lipinski definition) is 4. The second-order valence-corrected chi connectivity index (χ2v) is 5.77. The van der Waals surface area contributed by atoms with E-state index in [1.165, 1.54) is 12.1 Å². The summed E-state index contributed by atoms with van der Waals surface area (Å²) in [5.74, 6) is -1.01. The summed E-state index contributed by atoms with van der Waals surface area (Å²) in [5, 5.41) is 11.5. The number of carboxylic acids is 1. The maximum absolute atomic E-state index is 11.4. The standard InChI is InChI=1S/C16H22N2O4/c1-16(2,3)22-15(21)18-9-5-4-6-11-7-8-12(14(19)20)10-13(11)17/h4,6-8,10H,5,9,17H2,1-3H3,(H,18,21)(H,19,20). The van der Waals surface area contributed by atoms with Crippen LogP contribution in [0.5, 0.6) is 0 Å². The maximum atomic E-state index is 11.4. The Morgan fingerprint density at radius 3 is 2.59 bits per heavy atom. The van der Waals surface area contributed by atoms with Gasteiger partial charge in [-0.25, -0.2) is 9.59 Å². The van der Waals surface area contributed by atoms with Gasteiger partial charge in [0, 0.05) is 12.2 Å². The minimum Gasteiger partial charge on any atom is -0.478 e. The average molecular weight is 306 g/mol. The van der Waals surface area contributed by atoms with E-state index in [9.17, 15) is 9.59 Å². The second-order valence-electron chi connectivity index (χ2n) is 5.77. The molecule has 0 saturated carbocycles. The molecule has 0 fully saturated rings. The molecular formula is C16H22N2O4. The quantitative estimate of drug-likeness (QED) is 0.573. The van der Waals surface area contributed by atoms with Crippen molar-refractivity contribution >= 4 is 23.8 Å². The van der Waals surface area contributed by atoms with E-state index in [0.29, 0.717) is 18.7 Å². The molecule has 0 unspecified atom stereocenters. The van der Waals surface area contributed by atoms with E-state index in [1.807, 2.05) is 6.08 Å². The van der Waals surface area contributed by atoms with Crippen LogP contribution < -0.4 is 11.1 Å². The fourth-order valence-corrected chi connectivity index (χ4v) is 1.64. The van der Waals surface area contributed by atoms with Gasteiger partial charge in [0.15, 0.2) is 0 Å². The number of aromatic carboxylic acids is 1. The molecule has 0 bridgehead atoms. The summed E-state index contributed by atoms with van der Waals surface area (Å²) in [7, 11) is 0. The zero-order valence-corrected chi connectivity index (χ0v) is 13.1. The molecule has 0 spiro atoms. The Morgan fingerprint density at radius 1 is 1.36 bits per heavy atom. The molecule has 1 aromatic rings. The highest BCUT2D eigenvalue weighted by molar-refractivity contribution is 5.89. The van der Waals surface area contributed by atoms with Crippen molar-refractivity contribution in [1.29, 1.82) is 0 Å². The zero-order chi connectivity index (χ0) is 16.8. The molecule has 0 saturated heterocycles. The third kappa shape index (κ3) is 6.30. The van der Waals surface area contributed by atoms with Gasteiger partial charge in [0.05, 0.1) is 5.56 Å². The van der Waals surface area contributed by atoms with E-state index < -0.39 is 17.7 Å². The topological polar surface area (TPSA) is 102 Å². The van der Waals surface area contributed by atoms with E-state index in [2.05, 4.69) is 5.32 Å². The normalized spacial score (nSPS) is 11.4. The van der Waals surface area contributed by atoms with E-state index in [-0.39, 0.29) is 5.56 Å². The van der Waals surface area contributed by atoms with Gasteiger partial charge in [-0.1, -0.05) is 18.2 Å². The molecule has 1 amide bonds. The van der Waals surface area contributed by atoms with E-state index in [4.69, 9.17) is 15.6 Å². The molecule has 22 heavy (non-hydrogen) atoms. The van der Waals surface area contributed by atoms with Crippen LogP contribution in [-0.4, -0.2) is 29.3 Å². The van der Waals surface area contributed by atoms with Gasteiger partial charge in [-0.15, -0.1) is 0 Å². The molecule has 6 heteroatoms. The van der Waals surface area contributed by atoms with Crippen molar-refractivity contribution in [3.8, 4) is 0 Å². The molecule has 1 aromatic carbocycles. The van der Waals surface area contributed by atoms with Crippen molar-refractivity contribution in [3.05, 3.63) is 35.4 Å². The number of anilines is 1. The number of hydrogen-bond donors (Lipinski definition) is 3. The molecule has 0 aromatic heterocycles. The first-order valence-corrected chi connectivity index (χ1v) is 6.95. The number of nitrogens with two attached hydrogens (primary N) is 1. The average Bonchev–Trinajstić information content (AvgIpc) is 2.37. The summed E-state index contributed by atoms with van der Waals surface area (Å²) in [5.41, 5.74) is 6.57. The molecule has 4 N–H and O–H groups in total. The smallest absolute Gasteiger partial charge is 0.407 e. The van der Waals surface area contributed by atoms with Gasteiger partial charge in [-0.3, -0.25) is 0 Å². The van der Waals surface area contributed by atoms with Gasteiger partial charge < -0.3 is 20.9 Å². The number of nitrogens with one attached hydrogen (secondary N) is 1. The van der Waals surface area contributed by atoms with Gasteiger partial charge in [-0.2, -0.15) is 0 Å². The minimum absolute atomic E-state index is 0.154. The number of ether oxygens (including phenoxy) is 1. The lowest BCUT2D eigenvalue weighted by molar-refractivity contribution is 0.0528. The molecule has 0 radical (unpaired) electrons. The van der Waals surface area contributed by atoms with Crippen LogP contribution in [-0.2, 0) is 4.74 Å². The molecular weight excluding hydrogens is 284 g/mol. The molecule has 6 nitrogen and oxygen atoms in total. The number of benzene rings is 1. The van der Waals surface area contributed by atoms with E-state index >= 15 is 0 Å². The molecule has 0 heterocycles. The SMILES string of the molecule is CC(C)(C)OC(=O)NCCC=Cc1ccc(C(=O)O)cc1N. The van der Waals surface area contributed by atoms with Crippen LogP contribution in [0.15, 0.2) is 24.3 Å². The Hall–Kier alpha value is -2.50. The molecule has 0 atom stereocenters. The highest BCUT2D eigenvalue weighted by Gasteiger charge is 2.15. The van der Waals surface area contributed by atoms with Crippen molar-refractivity contribution in [2.24, 2.45) is 0 Å². The number of nitrogen functional groups attached to an aromatic ring is 1. The number of carboxylic acid groups (broad SMARTS) is 1. The van der Waals surface area contributed by atoms with Crippen molar-refractivity contribution in [2.75, 3.05) is 12.3 Å². The summed E-state index contributed by atoms with van der Waals surface area (Å²) in [6.45, 7) is 5.85. The maximum Gasteiger partial charge on any atom is 0.407 e. The molecule has 120 valence electrons. The van der Waals surface area contributed by atoms with Crippen LogP contribution in [0.1, 0.15) is 43.1 Å². The highest BCUT2D eigenvalue weighted by Crippen LogP contribution is 2.16. The Bertz CT molecular complexity index is 574. The first-order valence-electron chi connectivity index (χ1n) is 6.95. The van der Waals surface area contributed by atoms with Gasteiger partial charge in [0.2, 0.25) is 0 Å². The Balaban J connectivity index is 2.44. The Kier molecular flexibility index (Phi) is 5.98. The van der Waals surface area contributed by atoms with Crippen LogP contribution in [0.2, 0.25) is 0 Å². The lowest BCUT2D eigenvalue weighted by atomic mass is 10.1. The largest absolute Gasteiger partial charge is 0.478 e. The Morgan fingerprint density at radius 2 is 2.05 bits per heavy atom. The van der Waals surface area contributed by atoms with Crippen LogP contribution in [0, 0.1) is 0 Å². The number of amides is 1. The summed E-state index contributed by atoms with van der Waals surface area (Å²) in [4.78, 5) is 22.2. The summed E-state index contributed by atoms with van der Waals surface area (Å²) < 4.78 is 5.11. The van der Waals surface area contributed by atoms with Gasteiger partial charge in [0.25, 0.3) is 0 Å². The number of carbonyl (C=O) groups is 2. The predicted octanol–water partition coefficient (Wildman–Crippen LogP) is 2.90. The van der Waals surface area contributed by atoms with Crippen molar-refractivity contribution < 1.29 is 19.4 Å². The van der Waals surface area contributed by atoms with Gasteiger partial charge in [-0.05, 0) is 44.9 Å². The Labute approximate surface area is 130 Å². The molecule has 0 aliphatic rings. The van der Waals surface area contributed by atoms with Gasteiger partial charge in [0.1, 0.15) is 5.60 Å². The van der Waals surface area contributed by atoms with Crippen LogP contribution >= 0.6 is 0 Å². The van der Waals surface area contributed by atoms with E-state index in [0.717, 1.165) is 5.56 Å². The summed E-state index contributed by atoms with van der Waals surface area (Å²) in [6, 6.07) is 4.56. The first-order chi connectivity index (χ1) is 10.2. The third-order valence-corrected chi connectivity index (χ3v) is 2.61. The fraction of sp³-hybridized carbons (Fsp3) is 0.375. The van der Waals surface area contributed by atoms with Crippen LogP contribution in [0.25, 0.3) is 6.08 Å². The fourth-order valence-electron chi connectivity index (χ4n) is 1.64. The van der Waals surface area contributed by atoms with Crippen LogP contribution in [0.3, 0.4) is 0 Å².